The molecule has 4 aliphatic heterocycles. The average Bonchev–Trinajstić information content (AvgIpc) is 3.63. The Labute approximate surface area is 413 Å². The van der Waals surface area contributed by atoms with E-state index in [1.54, 1.807) is 68.6 Å². The molecule has 7 rings (SSSR count). The minimum absolute atomic E-state index is 0.0340. The SMILES string of the molecule is CC(C)(C)N(NC(=O)c1ccc(Cl)cc1)C(=O)c1ccccc1.CO/N=C1/C[C@]2(C[C@@H]3C[C@@H](C/C=C(\C)C[C@@H](C)/C=C/C=C4\CO[C@@H]5[C@H](O)C(C)=C[C@@H](C(=O)O3)[C@]45O)O2)O[C@H](/C(C)=C/C(C)C)[C@H]1C. The Hall–Kier alpha value is -4.89. The summed E-state index contributed by atoms with van der Waals surface area (Å²) in [4.78, 5) is 44.5. The van der Waals surface area contributed by atoms with Crippen LogP contribution >= 0.6 is 11.6 Å². The molecule has 10 atom stereocenters. The number of nitrogens with one attached hydrogen (secondary N) is 1. The maximum absolute atomic E-state index is 14.2. The predicted molar refractivity (Wildman–Crippen MR) is 267 cm³/mol. The number of esters is 1. The van der Waals surface area contributed by atoms with Crippen molar-refractivity contribution in [1.82, 2.24) is 10.4 Å². The topological polar surface area (TPSA) is 165 Å². The first-order valence-electron chi connectivity index (χ1n) is 24.1. The molecule has 0 unspecified atom stereocenters. The van der Waals surface area contributed by atoms with Crippen molar-refractivity contribution in [3.8, 4) is 0 Å². The number of allylic oxidation sites excluding steroid dienone is 5. The second kappa shape index (κ2) is 22.5. The van der Waals surface area contributed by atoms with Crippen LogP contribution in [0.5, 0.6) is 0 Å². The molecule has 0 radical (unpaired) electrons. The van der Waals surface area contributed by atoms with Crippen LogP contribution in [-0.2, 0) is 28.6 Å². The quantitative estimate of drug-likeness (QED) is 0.149. The smallest absolute Gasteiger partial charge is 0.316 e. The third-order valence-electron chi connectivity index (χ3n) is 13.4. The van der Waals surface area contributed by atoms with E-state index in [2.05, 4.69) is 70.4 Å². The zero-order valence-corrected chi connectivity index (χ0v) is 42.8. The van der Waals surface area contributed by atoms with Gasteiger partial charge in [-0.3, -0.25) is 19.8 Å². The lowest BCUT2D eigenvalue weighted by Crippen LogP contribution is -2.59. The number of hydrogen-bond acceptors (Lipinski definition) is 11. The van der Waals surface area contributed by atoms with Crippen LogP contribution in [0.2, 0.25) is 5.02 Å². The maximum Gasteiger partial charge on any atom is 0.316 e. The van der Waals surface area contributed by atoms with E-state index in [9.17, 15) is 24.6 Å². The summed E-state index contributed by atoms with van der Waals surface area (Å²) in [5, 5.41) is 29.5. The van der Waals surface area contributed by atoms with Gasteiger partial charge in [0.25, 0.3) is 11.8 Å². The van der Waals surface area contributed by atoms with Crippen molar-refractivity contribution in [3.05, 3.63) is 129 Å². The van der Waals surface area contributed by atoms with Gasteiger partial charge in [0.05, 0.1) is 30.1 Å². The van der Waals surface area contributed by atoms with Crippen LogP contribution in [0.1, 0.15) is 122 Å². The normalized spacial score (nSPS) is 33.3. The molecule has 5 aliphatic rings. The van der Waals surface area contributed by atoms with Crippen molar-refractivity contribution in [1.29, 1.82) is 0 Å². The fourth-order valence-electron chi connectivity index (χ4n) is 9.94. The zero-order valence-electron chi connectivity index (χ0n) is 42.0. The summed E-state index contributed by atoms with van der Waals surface area (Å²) >= 11 is 5.83. The van der Waals surface area contributed by atoms with Crippen LogP contribution in [0, 0.1) is 23.7 Å². The Morgan fingerprint density at radius 3 is 2.38 bits per heavy atom. The van der Waals surface area contributed by atoms with E-state index in [4.69, 9.17) is 35.4 Å². The maximum atomic E-state index is 14.2. The average molecular weight is 971 g/mol. The number of amides is 2. The highest BCUT2D eigenvalue weighted by Crippen LogP contribution is 2.47. The summed E-state index contributed by atoms with van der Waals surface area (Å²) in [5.74, 6) is -2.78. The molecular weight excluding hydrogens is 898 g/mol. The Balaban J connectivity index is 0.000000285. The number of rotatable bonds is 5. The van der Waals surface area contributed by atoms with Crippen molar-refractivity contribution in [2.24, 2.45) is 28.8 Å². The first-order valence-corrected chi connectivity index (χ1v) is 24.5. The van der Waals surface area contributed by atoms with E-state index in [0.29, 0.717) is 58.9 Å². The first kappa shape index (κ1) is 53.5. The first-order chi connectivity index (χ1) is 32.5. The molecule has 4 heterocycles. The van der Waals surface area contributed by atoms with Crippen molar-refractivity contribution in [2.75, 3.05) is 13.7 Å². The molecule has 3 N–H and O–H groups in total. The van der Waals surface area contributed by atoms with E-state index < -0.39 is 47.1 Å². The molecule has 2 amide bonds. The third kappa shape index (κ3) is 12.7. The molecule has 2 bridgehead atoms. The molecule has 3 saturated heterocycles. The van der Waals surface area contributed by atoms with Crippen LogP contribution in [0.3, 0.4) is 0 Å². The molecule has 1 aliphatic carbocycles. The third-order valence-corrected chi connectivity index (χ3v) is 13.6. The molecule has 2 aromatic rings. The minimum Gasteiger partial charge on any atom is -0.462 e. The number of hydrazine groups is 1. The van der Waals surface area contributed by atoms with Crippen LogP contribution in [-0.4, -0.2) is 99.9 Å². The van der Waals surface area contributed by atoms with Crippen LogP contribution in [0.15, 0.2) is 119 Å². The van der Waals surface area contributed by atoms with Gasteiger partial charge < -0.3 is 34.0 Å². The molecule has 0 saturated carbocycles. The number of hydrogen-bond donors (Lipinski definition) is 3. The highest BCUT2D eigenvalue weighted by molar-refractivity contribution is 6.30. The second-order valence-corrected chi connectivity index (χ2v) is 21.1. The fraction of sp³-hybridized carbons (Fsp3) is 0.527. The Morgan fingerprint density at radius 2 is 1.72 bits per heavy atom. The summed E-state index contributed by atoms with van der Waals surface area (Å²) in [7, 11) is 1.55. The van der Waals surface area contributed by atoms with Crippen molar-refractivity contribution in [2.45, 2.75) is 149 Å². The molecule has 13 nitrogen and oxygen atoms in total. The van der Waals surface area contributed by atoms with Gasteiger partial charge in [-0.15, -0.1) is 0 Å². The number of halogens is 1. The van der Waals surface area contributed by atoms with Gasteiger partial charge >= 0.3 is 5.97 Å². The molecular formula is C55H72ClN3O10. The van der Waals surface area contributed by atoms with Crippen molar-refractivity contribution < 1.29 is 48.4 Å². The summed E-state index contributed by atoms with van der Waals surface area (Å²) in [5.41, 5.74) is 5.61. The van der Waals surface area contributed by atoms with Crippen molar-refractivity contribution >= 4 is 35.1 Å². The summed E-state index contributed by atoms with van der Waals surface area (Å²) in [6.45, 7) is 20.2. The lowest BCUT2D eigenvalue weighted by Gasteiger charge is -2.50. The van der Waals surface area contributed by atoms with E-state index in [-0.39, 0.29) is 42.5 Å². The van der Waals surface area contributed by atoms with Crippen molar-refractivity contribution in [3.63, 3.8) is 0 Å². The van der Waals surface area contributed by atoms with Gasteiger partial charge in [0, 0.05) is 41.3 Å². The molecule has 14 heteroatoms. The number of carbonyl (C=O) groups is 3. The van der Waals surface area contributed by atoms with Gasteiger partial charge in [-0.1, -0.05) is 105 Å². The fourth-order valence-corrected chi connectivity index (χ4v) is 10.1. The Kier molecular flexibility index (Phi) is 17.4. The molecule has 69 heavy (non-hydrogen) atoms. The monoisotopic (exact) mass is 969 g/mol. The van der Waals surface area contributed by atoms with Crippen LogP contribution in [0.4, 0.5) is 0 Å². The lowest BCUT2D eigenvalue weighted by atomic mass is 9.71. The number of nitrogens with zero attached hydrogens (tertiary/aromatic N) is 2. The molecule has 3 fully saturated rings. The van der Waals surface area contributed by atoms with E-state index >= 15 is 0 Å². The lowest BCUT2D eigenvalue weighted by molar-refractivity contribution is -0.313. The standard InChI is InChI=1S/C37H53NO8.C18H19ClN2O2/c1-21(2)14-25(6)33-26(7)31(38-42-8)19-36(46-33)18-29-17-28(45-36)13-12-23(4)15-22(3)10-9-11-27-20-43-34-32(39)24(5)16-30(35(40)44-29)37(27,34)41;1-18(2,3)21(17(23)14-7-5-4-6-8-14)20-16(22)13-9-11-15(19)12-10-13/h9-12,14,16,21-22,26,28-30,32-34,39,41H,13,15,17-20H2,1-8H3;4-12H,1-3H3,(H,20,22)/b10-9+,23-12+,25-14+,27-11+,38-31-;/t22-,26-,28+,29-,30-,32+,33+,34+,36-,37+;/m0./s1. The Bertz CT molecular complexity index is 2350. The number of ether oxygens (including phenoxy) is 4. The van der Waals surface area contributed by atoms with Gasteiger partial charge in [0.1, 0.15) is 36.9 Å². The number of carbonyl (C=O) groups excluding carboxylic acids is 3. The summed E-state index contributed by atoms with van der Waals surface area (Å²) in [6, 6.07) is 15.4. The van der Waals surface area contributed by atoms with E-state index in [0.717, 1.165) is 17.7 Å². The highest BCUT2D eigenvalue weighted by Gasteiger charge is 2.60. The van der Waals surface area contributed by atoms with Gasteiger partial charge in [-0.25, -0.2) is 5.01 Å². The molecule has 1 spiro atoms. The number of fused-ring (bicyclic) bond motifs is 2. The predicted octanol–water partition coefficient (Wildman–Crippen LogP) is 9.65. The molecule has 2 aromatic carbocycles. The number of benzene rings is 2. The molecule has 0 aromatic heterocycles. The zero-order chi connectivity index (χ0) is 50.4. The van der Waals surface area contributed by atoms with Crippen LogP contribution in [0.25, 0.3) is 0 Å². The number of aliphatic hydroxyl groups excluding tert-OH is 1. The van der Waals surface area contributed by atoms with Gasteiger partial charge in [0.15, 0.2) is 5.79 Å². The second-order valence-electron chi connectivity index (χ2n) is 20.6. The van der Waals surface area contributed by atoms with Gasteiger partial charge in [-0.05, 0) is 119 Å². The van der Waals surface area contributed by atoms with E-state index in [1.807, 2.05) is 39.0 Å². The Morgan fingerprint density at radius 1 is 1.03 bits per heavy atom. The largest absolute Gasteiger partial charge is 0.462 e. The summed E-state index contributed by atoms with van der Waals surface area (Å²) < 4.78 is 26.0. The van der Waals surface area contributed by atoms with Gasteiger partial charge in [0.2, 0.25) is 0 Å². The van der Waals surface area contributed by atoms with E-state index in [1.165, 1.54) is 10.6 Å². The minimum atomic E-state index is -1.74. The highest BCUT2D eigenvalue weighted by atomic mass is 35.5. The summed E-state index contributed by atoms with van der Waals surface area (Å²) in [6.07, 6.45) is 11.4. The van der Waals surface area contributed by atoms with Gasteiger partial charge in [-0.2, -0.15) is 0 Å². The number of oxime groups is 1. The molecule has 374 valence electrons. The number of aliphatic hydroxyl groups is 2. The van der Waals surface area contributed by atoms with Crippen LogP contribution < -0.4 is 5.43 Å².